The van der Waals surface area contributed by atoms with Crippen molar-refractivity contribution in [1.82, 2.24) is 0 Å². The predicted molar refractivity (Wildman–Crippen MR) is 99.9 cm³/mol. The number of ether oxygens (including phenoxy) is 2. The molecule has 0 saturated carbocycles. The van der Waals surface area contributed by atoms with Gasteiger partial charge >= 0.3 is 5.97 Å². The third kappa shape index (κ3) is 4.08. The maximum atomic E-state index is 13.8. The van der Waals surface area contributed by atoms with Gasteiger partial charge in [0, 0.05) is 5.92 Å². The fourth-order valence-corrected chi connectivity index (χ4v) is 3.44. The third-order valence-electron chi connectivity index (χ3n) is 4.74. The first-order valence-electron chi connectivity index (χ1n) is 8.84. The van der Waals surface area contributed by atoms with Crippen molar-refractivity contribution in [3.8, 4) is 5.75 Å². The van der Waals surface area contributed by atoms with Crippen molar-refractivity contribution in [3.05, 3.63) is 71.6 Å². The van der Waals surface area contributed by atoms with Gasteiger partial charge in [-0.15, -0.1) is 0 Å². The van der Waals surface area contributed by atoms with Crippen LogP contribution in [0.1, 0.15) is 30.4 Å². The molecule has 2 aromatic carbocycles. The van der Waals surface area contributed by atoms with Crippen molar-refractivity contribution in [2.24, 2.45) is 5.92 Å². The van der Waals surface area contributed by atoms with Crippen molar-refractivity contribution in [2.75, 3.05) is 13.7 Å². The van der Waals surface area contributed by atoms with E-state index in [1.165, 1.54) is 18.2 Å². The van der Waals surface area contributed by atoms with Crippen molar-refractivity contribution < 1.29 is 23.5 Å². The summed E-state index contributed by atoms with van der Waals surface area (Å²) < 4.78 is 24.0. The van der Waals surface area contributed by atoms with Gasteiger partial charge in [-0.05, 0) is 60.4 Å². The van der Waals surface area contributed by atoms with E-state index in [9.17, 15) is 14.0 Å². The molecule has 4 nitrogen and oxygen atoms in total. The number of ketones is 1. The van der Waals surface area contributed by atoms with Crippen LogP contribution in [0.15, 0.2) is 54.6 Å². The topological polar surface area (TPSA) is 52.6 Å². The molecular formula is C22H21FO4. The predicted octanol–water partition coefficient (Wildman–Crippen LogP) is 4.15. The van der Waals surface area contributed by atoms with Gasteiger partial charge in [0.2, 0.25) is 0 Å². The number of methoxy groups -OCH3 is 1. The molecule has 5 heteroatoms. The van der Waals surface area contributed by atoms with Crippen LogP contribution in [0.3, 0.4) is 0 Å². The van der Waals surface area contributed by atoms with Gasteiger partial charge in [0.05, 0.1) is 13.7 Å². The molecule has 0 bridgehead atoms. The van der Waals surface area contributed by atoms with Crippen LogP contribution in [0.25, 0.3) is 5.57 Å². The van der Waals surface area contributed by atoms with E-state index >= 15 is 0 Å². The molecule has 0 aromatic heterocycles. The van der Waals surface area contributed by atoms with Crippen LogP contribution in [0.4, 0.5) is 4.39 Å². The Morgan fingerprint density at radius 1 is 1.19 bits per heavy atom. The molecule has 0 spiro atoms. The molecule has 0 aliphatic heterocycles. The molecule has 1 aliphatic rings. The van der Waals surface area contributed by atoms with Crippen LogP contribution in [0.5, 0.6) is 5.75 Å². The zero-order valence-corrected chi connectivity index (χ0v) is 15.3. The second-order valence-electron chi connectivity index (χ2n) is 6.40. The number of rotatable bonds is 5. The number of hydrogen-bond donors (Lipinski definition) is 0. The van der Waals surface area contributed by atoms with E-state index in [1.807, 2.05) is 24.3 Å². The lowest BCUT2D eigenvalue weighted by Gasteiger charge is -2.29. The van der Waals surface area contributed by atoms with Crippen molar-refractivity contribution in [2.45, 2.75) is 19.3 Å². The zero-order valence-electron chi connectivity index (χ0n) is 15.3. The third-order valence-corrected chi connectivity index (χ3v) is 4.74. The Hall–Kier alpha value is -2.95. The van der Waals surface area contributed by atoms with Gasteiger partial charge in [0.15, 0.2) is 5.78 Å². The maximum Gasteiger partial charge on any atom is 0.317 e. The number of carbonyl (C=O) groups is 2. The highest BCUT2D eigenvalue weighted by molar-refractivity contribution is 6.10. The van der Waals surface area contributed by atoms with Gasteiger partial charge in [-0.3, -0.25) is 9.59 Å². The minimum absolute atomic E-state index is 0.188. The van der Waals surface area contributed by atoms with Gasteiger partial charge in [0.25, 0.3) is 0 Å². The summed E-state index contributed by atoms with van der Waals surface area (Å²) in [6.45, 7) is 1.88. The van der Waals surface area contributed by atoms with Crippen molar-refractivity contribution >= 4 is 17.3 Å². The number of halogens is 1. The Bertz CT molecular complexity index is 870. The van der Waals surface area contributed by atoms with Gasteiger partial charge in [-0.1, -0.05) is 24.3 Å². The average Bonchev–Trinajstić information content (AvgIpc) is 2.67. The highest BCUT2D eigenvalue weighted by atomic mass is 19.1. The molecule has 3 rings (SSSR count). The van der Waals surface area contributed by atoms with E-state index in [1.54, 1.807) is 26.2 Å². The number of carbonyl (C=O) groups excluding carboxylic acids is 2. The lowest BCUT2D eigenvalue weighted by molar-refractivity contribution is -0.151. The number of benzene rings is 2. The molecule has 0 fully saturated rings. The van der Waals surface area contributed by atoms with E-state index in [4.69, 9.17) is 9.47 Å². The second-order valence-corrected chi connectivity index (χ2v) is 6.40. The summed E-state index contributed by atoms with van der Waals surface area (Å²) in [6, 6.07) is 13.4. The monoisotopic (exact) mass is 368 g/mol. The average molecular weight is 368 g/mol. The summed E-state index contributed by atoms with van der Waals surface area (Å²) >= 11 is 0. The lowest BCUT2D eigenvalue weighted by atomic mass is 9.73. The summed E-state index contributed by atoms with van der Waals surface area (Å²) in [5.74, 6) is -2.01. The quantitative estimate of drug-likeness (QED) is 0.588. The number of allylic oxidation sites excluding steroid dienone is 2. The molecule has 140 valence electrons. The molecule has 0 saturated heterocycles. The van der Waals surface area contributed by atoms with Gasteiger partial charge in [-0.25, -0.2) is 4.39 Å². The fourth-order valence-electron chi connectivity index (χ4n) is 3.44. The lowest BCUT2D eigenvalue weighted by Crippen LogP contribution is -2.34. The normalized spacial score (nSPS) is 19.4. The standard InChI is InChI=1S/C22H21FO4/c1-3-27-22(25)21-19(15-5-4-6-17(23)11-15)12-16(13-20(21)24)14-7-9-18(26-2)10-8-14/h4-11,13,19,21H,3,12H2,1-2H3/t19-,21-/m1/s1. The van der Waals surface area contributed by atoms with Crippen LogP contribution in [-0.2, 0) is 14.3 Å². The van der Waals surface area contributed by atoms with E-state index in [-0.39, 0.29) is 12.4 Å². The number of esters is 1. The molecule has 0 radical (unpaired) electrons. The molecule has 0 heterocycles. The SMILES string of the molecule is CCOC(=O)[C@H]1C(=O)C=C(c2ccc(OC)cc2)C[C@@H]1c1cccc(F)c1. The summed E-state index contributed by atoms with van der Waals surface area (Å²) in [6.07, 6.45) is 1.93. The largest absolute Gasteiger partial charge is 0.497 e. The first kappa shape index (κ1) is 18.8. The van der Waals surface area contributed by atoms with E-state index in [0.29, 0.717) is 17.7 Å². The molecule has 0 amide bonds. The maximum absolute atomic E-state index is 13.8. The molecule has 1 aliphatic carbocycles. The summed E-state index contributed by atoms with van der Waals surface area (Å²) in [5.41, 5.74) is 2.28. The second kappa shape index (κ2) is 8.16. The first-order chi connectivity index (χ1) is 13.0. The van der Waals surface area contributed by atoms with E-state index in [2.05, 4.69) is 0 Å². The summed E-state index contributed by atoms with van der Waals surface area (Å²) in [7, 11) is 1.59. The number of hydrogen-bond acceptors (Lipinski definition) is 4. The van der Waals surface area contributed by atoms with Crippen LogP contribution in [-0.4, -0.2) is 25.5 Å². The molecule has 2 aromatic rings. The Morgan fingerprint density at radius 2 is 1.93 bits per heavy atom. The minimum atomic E-state index is -0.964. The van der Waals surface area contributed by atoms with Gasteiger partial charge < -0.3 is 9.47 Å². The molecule has 0 unspecified atom stereocenters. The fraction of sp³-hybridized carbons (Fsp3) is 0.273. The molecular weight excluding hydrogens is 347 g/mol. The summed E-state index contributed by atoms with van der Waals surface area (Å²) in [4.78, 5) is 25.2. The highest BCUT2D eigenvalue weighted by Gasteiger charge is 2.39. The Balaban J connectivity index is 2.00. The first-order valence-corrected chi connectivity index (χ1v) is 8.84. The van der Waals surface area contributed by atoms with Crippen LogP contribution < -0.4 is 4.74 Å². The minimum Gasteiger partial charge on any atom is -0.497 e. The van der Waals surface area contributed by atoms with Crippen molar-refractivity contribution in [3.63, 3.8) is 0 Å². The van der Waals surface area contributed by atoms with Crippen LogP contribution >= 0.6 is 0 Å². The van der Waals surface area contributed by atoms with E-state index in [0.717, 1.165) is 11.1 Å². The molecule has 0 N–H and O–H groups in total. The van der Waals surface area contributed by atoms with Crippen LogP contribution in [0, 0.1) is 11.7 Å². The van der Waals surface area contributed by atoms with Crippen LogP contribution in [0.2, 0.25) is 0 Å². The van der Waals surface area contributed by atoms with E-state index < -0.39 is 23.6 Å². The Labute approximate surface area is 157 Å². The Kier molecular flexibility index (Phi) is 5.69. The molecule has 2 atom stereocenters. The van der Waals surface area contributed by atoms with Gasteiger partial charge in [0.1, 0.15) is 17.5 Å². The zero-order chi connectivity index (χ0) is 19.4. The highest BCUT2D eigenvalue weighted by Crippen LogP contribution is 2.40. The smallest absolute Gasteiger partial charge is 0.317 e. The summed E-state index contributed by atoms with van der Waals surface area (Å²) in [5, 5.41) is 0. The van der Waals surface area contributed by atoms with Crippen molar-refractivity contribution in [1.29, 1.82) is 0 Å². The van der Waals surface area contributed by atoms with Gasteiger partial charge in [-0.2, -0.15) is 0 Å². The Morgan fingerprint density at radius 3 is 2.56 bits per heavy atom. The molecule has 27 heavy (non-hydrogen) atoms.